The zero-order valence-electron chi connectivity index (χ0n) is 18.2. The Bertz CT molecular complexity index is 1170. The van der Waals surface area contributed by atoms with Crippen LogP contribution in [0.1, 0.15) is 51.4 Å². The van der Waals surface area contributed by atoms with E-state index in [1.807, 2.05) is 56.3 Å². The summed E-state index contributed by atoms with van der Waals surface area (Å²) in [6.07, 6.45) is 1.03. The fourth-order valence-electron chi connectivity index (χ4n) is 4.01. The van der Waals surface area contributed by atoms with Crippen LogP contribution in [0.25, 0.3) is 11.1 Å². The summed E-state index contributed by atoms with van der Waals surface area (Å²) in [7, 11) is 1.58. The molecule has 3 aromatic rings. The Labute approximate surface area is 190 Å². The highest BCUT2D eigenvalue weighted by molar-refractivity contribution is 7.15. The number of para-hydroxylation sites is 1. The molecule has 32 heavy (non-hydrogen) atoms. The van der Waals surface area contributed by atoms with Gasteiger partial charge in [-0.2, -0.15) is 0 Å². The number of hydrogen-bond acceptors (Lipinski definition) is 5. The van der Waals surface area contributed by atoms with Crippen LogP contribution in [0.2, 0.25) is 0 Å². The standard InChI is InChI=1S/C25H25NO5S/c1-4-12-31-22-16(6-5-7-18(22)30-3)17-13-19(27)26-21-20(15-10-8-14(2)9-11-15)24(25(28)29)32-23(17)21/h5-11,17H,4,12-13H2,1-3H3,(H,26,27)(H,28,29)/t17-/m1/s1. The molecule has 0 radical (unpaired) electrons. The number of benzene rings is 2. The number of amides is 1. The van der Waals surface area contributed by atoms with Gasteiger partial charge in [-0.1, -0.05) is 48.9 Å². The number of aryl methyl sites for hydroxylation is 1. The number of carboxylic acids is 1. The zero-order chi connectivity index (χ0) is 22.8. The van der Waals surface area contributed by atoms with Crippen molar-refractivity contribution in [2.45, 2.75) is 32.6 Å². The molecule has 2 aromatic carbocycles. The minimum atomic E-state index is -1.01. The van der Waals surface area contributed by atoms with Crippen molar-refractivity contribution >= 4 is 28.9 Å². The van der Waals surface area contributed by atoms with E-state index in [1.165, 1.54) is 11.3 Å². The fraction of sp³-hybridized carbons (Fsp3) is 0.280. The van der Waals surface area contributed by atoms with E-state index in [9.17, 15) is 14.7 Å². The quantitative estimate of drug-likeness (QED) is 0.482. The van der Waals surface area contributed by atoms with Crippen molar-refractivity contribution < 1.29 is 24.2 Å². The number of nitrogens with one attached hydrogen (secondary N) is 1. The first-order valence-electron chi connectivity index (χ1n) is 10.5. The largest absolute Gasteiger partial charge is 0.493 e. The maximum atomic E-state index is 12.8. The molecule has 166 valence electrons. The number of fused-ring (bicyclic) bond motifs is 1. The molecule has 1 aromatic heterocycles. The molecule has 6 nitrogen and oxygen atoms in total. The van der Waals surface area contributed by atoms with E-state index in [0.29, 0.717) is 29.4 Å². The van der Waals surface area contributed by atoms with E-state index in [4.69, 9.17) is 9.47 Å². The van der Waals surface area contributed by atoms with E-state index in [-0.39, 0.29) is 23.1 Å². The summed E-state index contributed by atoms with van der Waals surface area (Å²) in [5, 5.41) is 12.9. The molecule has 1 aliphatic rings. The summed E-state index contributed by atoms with van der Waals surface area (Å²) in [6.45, 7) is 4.51. The number of methoxy groups -OCH3 is 1. The lowest BCUT2D eigenvalue weighted by atomic mass is 9.88. The normalized spacial score (nSPS) is 15.1. The number of aromatic carboxylic acids is 1. The highest BCUT2D eigenvalue weighted by Crippen LogP contribution is 2.51. The van der Waals surface area contributed by atoms with Crippen LogP contribution >= 0.6 is 11.3 Å². The Morgan fingerprint density at radius 2 is 1.97 bits per heavy atom. The summed E-state index contributed by atoms with van der Waals surface area (Å²) >= 11 is 1.21. The Hall–Kier alpha value is -3.32. The molecular formula is C25H25NO5S. The highest BCUT2D eigenvalue weighted by Gasteiger charge is 2.36. The molecule has 0 saturated carbocycles. The molecule has 0 spiro atoms. The average Bonchev–Trinajstić information content (AvgIpc) is 3.17. The van der Waals surface area contributed by atoms with Crippen LogP contribution in [0, 0.1) is 6.92 Å². The Morgan fingerprint density at radius 3 is 2.62 bits per heavy atom. The molecule has 4 rings (SSSR count). The van der Waals surface area contributed by atoms with Crippen molar-refractivity contribution in [3.05, 3.63) is 63.3 Å². The molecule has 0 saturated heterocycles. The third-order valence-corrected chi connectivity index (χ3v) is 6.79. The van der Waals surface area contributed by atoms with Crippen molar-refractivity contribution in [2.24, 2.45) is 0 Å². The van der Waals surface area contributed by atoms with Gasteiger partial charge in [0, 0.05) is 28.3 Å². The smallest absolute Gasteiger partial charge is 0.346 e. The summed E-state index contributed by atoms with van der Waals surface area (Å²) in [5.41, 5.74) is 3.78. The third-order valence-electron chi connectivity index (χ3n) is 5.50. The number of anilines is 1. The second-order valence-corrected chi connectivity index (χ2v) is 8.80. The molecule has 7 heteroatoms. The van der Waals surface area contributed by atoms with Gasteiger partial charge in [0.2, 0.25) is 5.91 Å². The summed E-state index contributed by atoms with van der Waals surface area (Å²) in [6, 6.07) is 13.3. The predicted molar refractivity (Wildman–Crippen MR) is 125 cm³/mol. The number of ether oxygens (including phenoxy) is 2. The van der Waals surface area contributed by atoms with Gasteiger partial charge < -0.3 is 19.9 Å². The Kier molecular flexibility index (Phi) is 6.19. The minimum absolute atomic E-state index is 0.158. The van der Waals surface area contributed by atoms with Gasteiger partial charge >= 0.3 is 5.97 Å². The van der Waals surface area contributed by atoms with Gasteiger partial charge in [0.25, 0.3) is 0 Å². The SMILES string of the molecule is CCCOc1c(OC)cccc1[C@H]1CC(=O)Nc2c1sc(C(=O)O)c2-c1ccc(C)cc1. The van der Waals surface area contributed by atoms with Crippen LogP contribution in [-0.2, 0) is 4.79 Å². The monoisotopic (exact) mass is 451 g/mol. The van der Waals surface area contributed by atoms with Crippen molar-refractivity contribution in [1.82, 2.24) is 0 Å². The van der Waals surface area contributed by atoms with Crippen LogP contribution in [-0.4, -0.2) is 30.7 Å². The Morgan fingerprint density at radius 1 is 1.22 bits per heavy atom. The lowest BCUT2D eigenvalue weighted by molar-refractivity contribution is -0.116. The number of carbonyl (C=O) groups excluding carboxylic acids is 1. The van der Waals surface area contributed by atoms with Gasteiger partial charge in [-0.05, 0) is 25.0 Å². The maximum absolute atomic E-state index is 12.8. The molecular weight excluding hydrogens is 426 g/mol. The van der Waals surface area contributed by atoms with E-state index in [0.717, 1.165) is 28.0 Å². The number of thiophene rings is 1. The van der Waals surface area contributed by atoms with Gasteiger partial charge in [-0.25, -0.2) is 4.79 Å². The molecule has 2 heterocycles. The average molecular weight is 452 g/mol. The van der Waals surface area contributed by atoms with Crippen LogP contribution < -0.4 is 14.8 Å². The first-order valence-corrected chi connectivity index (χ1v) is 11.3. The minimum Gasteiger partial charge on any atom is -0.493 e. The second-order valence-electron chi connectivity index (χ2n) is 7.75. The van der Waals surface area contributed by atoms with Crippen molar-refractivity contribution in [2.75, 3.05) is 19.0 Å². The molecule has 1 amide bonds. The lowest BCUT2D eigenvalue weighted by Crippen LogP contribution is -2.23. The summed E-state index contributed by atoms with van der Waals surface area (Å²) in [4.78, 5) is 26.0. The number of hydrogen-bond donors (Lipinski definition) is 2. The zero-order valence-corrected chi connectivity index (χ0v) is 19.0. The second kappa shape index (κ2) is 9.04. The van der Waals surface area contributed by atoms with Gasteiger partial charge in [0.05, 0.1) is 19.4 Å². The van der Waals surface area contributed by atoms with Crippen LogP contribution in [0.15, 0.2) is 42.5 Å². The number of rotatable bonds is 7. The van der Waals surface area contributed by atoms with E-state index in [1.54, 1.807) is 7.11 Å². The molecule has 0 aliphatic carbocycles. The predicted octanol–water partition coefficient (Wildman–Crippen LogP) is 5.69. The van der Waals surface area contributed by atoms with Crippen molar-refractivity contribution in [1.29, 1.82) is 0 Å². The first kappa shape index (κ1) is 21.9. The van der Waals surface area contributed by atoms with E-state index in [2.05, 4.69) is 5.32 Å². The number of carboxylic acid groups (broad SMARTS) is 1. The van der Waals surface area contributed by atoms with Gasteiger partial charge in [0.15, 0.2) is 11.5 Å². The summed E-state index contributed by atoms with van der Waals surface area (Å²) < 4.78 is 11.5. The van der Waals surface area contributed by atoms with Crippen molar-refractivity contribution in [3.63, 3.8) is 0 Å². The van der Waals surface area contributed by atoms with Crippen LogP contribution in [0.5, 0.6) is 11.5 Å². The van der Waals surface area contributed by atoms with Crippen LogP contribution in [0.3, 0.4) is 0 Å². The van der Waals surface area contributed by atoms with E-state index >= 15 is 0 Å². The summed E-state index contributed by atoms with van der Waals surface area (Å²) in [5.74, 6) is -0.305. The number of carbonyl (C=O) groups is 2. The molecule has 0 bridgehead atoms. The van der Waals surface area contributed by atoms with Gasteiger partial charge in [0.1, 0.15) is 4.88 Å². The van der Waals surface area contributed by atoms with Crippen molar-refractivity contribution in [3.8, 4) is 22.6 Å². The maximum Gasteiger partial charge on any atom is 0.346 e. The topological polar surface area (TPSA) is 84.9 Å². The third kappa shape index (κ3) is 3.96. The Balaban J connectivity index is 1.92. The molecule has 0 fully saturated rings. The molecule has 0 unspecified atom stereocenters. The highest BCUT2D eigenvalue weighted by atomic mass is 32.1. The fourth-order valence-corrected chi connectivity index (χ4v) is 5.25. The van der Waals surface area contributed by atoms with E-state index < -0.39 is 5.97 Å². The van der Waals surface area contributed by atoms with Gasteiger partial charge in [-0.3, -0.25) is 4.79 Å². The van der Waals surface area contributed by atoms with Crippen LogP contribution in [0.4, 0.5) is 5.69 Å². The lowest BCUT2D eigenvalue weighted by Gasteiger charge is -2.26. The first-order chi connectivity index (χ1) is 15.4. The molecule has 1 atom stereocenters. The molecule has 1 aliphatic heterocycles. The molecule has 2 N–H and O–H groups in total. The van der Waals surface area contributed by atoms with Gasteiger partial charge in [-0.15, -0.1) is 11.3 Å².